The Morgan fingerprint density at radius 3 is 2.58 bits per heavy atom. The van der Waals surface area contributed by atoms with Gasteiger partial charge < -0.3 is 19.3 Å². The molecule has 1 aliphatic heterocycles. The van der Waals surface area contributed by atoms with Gasteiger partial charge in [0, 0.05) is 23.1 Å². The lowest BCUT2D eigenvalue weighted by atomic mass is 9.91. The number of fused-ring (bicyclic) bond motifs is 2. The Morgan fingerprint density at radius 1 is 1.14 bits per heavy atom. The Bertz CT molecular complexity index is 1320. The van der Waals surface area contributed by atoms with Crippen LogP contribution in [0.3, 0.4) is 0 Å². The average molecular weight is 502 g/mol. The summed E-state index contributed by atoms with van der Waals surface area (Å²) < 4.78 is 73.2. The molecule has 36 heavy (non-hydrogen) atoms. The highest BCUT2D eigenvalue weighted by Crippen LogP contribution is 2.48. The Labute approximate surface area is 204 Å². The van der Waals surface area contributed by atoms with Gasteiger partial charge in [0.25, 0.3) is 0 Å². The van der Waals surface area contributed by atoms with Crippen LogP contribution in [-0.2, 0) is 22.1 Å². The minimum atomic E-state index is -4.76. The largest absolute Gasteiger partial charge is 0.508 e. The second-order valence-electron chi connectivity index (χ2n) is 8.85. The van der Waals surface area contributed by atoms with Crippen LogP contribution in [0, 0.1) is 5.82 Å². The van der Waals surface area contributed by atoms with Gasteiger partial charge in [0.15, 0.2) is 0 Å². The molecule has 3 aromatic rings. The zero-order chi connectivity index (χ0) is 25.6. The van der Waals surface area contributed by atoms with Crippen molar-refractivity contribution in [2.45, 2.75) is 37.5 Å². The number of hydrogen-bond acceptors (Lipinski definition) is 5. The van der Waals surface area contributed by atoms with Crippen molar-refractivity contribution in [3.8, 4) is 28.4 Å². The monoisotopic (exact) mass is 502 g/mol. The molecule has 0 saturated carbocycles. The summed E-state index contributed by atoms with van der Waals surface area (Å²) in [6, 6.07) is 11.0. The van der Waals surface area contributed by atoms with E-state index < -0.39 is 23.7 Å². The summed E-state index contributed by atoms with van der Waals surface area (Å²) in [4.78, 5) is 11.6. The highest BCUT2D eigenvalue weighted by Gasteiger charge is 2.40. The van der Waals surface area contributed by atoms with Crippen LogP contribution in [-0.4, -0.2) is 24.8 Å². The number of aromatic hydroxyl groups is 1. The van der Waals surface area contributed by atoms with Crippen LogP contribution in [0.1, 0.15) is 47.1 Å². The van der Waals surface area contributed by atoms with Crippen LogP contribution in [0.25, 0.3) is 11.1 Å². The second-order valence-corrected chi connectivity index (χ2v) is 8.85. The summed E-state index contributed by atoms with van der Waals surface area (Å²) in [6.07, 6.45) is -4.89. The average Bonchev–Trinajstić information content (AvgIpc) is 3.43. The lowest BCUT2D eigenvalue weighted by Gasteiger charge is -2.20. The molecule has 0 amide bonds. The number of alkyl halides is 3. The molecule has 2 aliphatic rings. The molecule has 0 radical (unpaired) electrons. The number of hydrogen-bond donors (Lipinski definition) is 1. The van der Waals surface area contributed by atoms with E-state index in [0.29, 0.717) is 30.6 Å². The van der Waals surface area contributed by atoms with Gasteiger partial charge in [-0.2, -0.15) is 13.2 Å². The molecule has 0 saturated heterocycles. The van der Waals surface area contributed by atoms with Crippen molar-refractivity contribution in [2.75, 3.05) is 13.7 Å². The Balaban J connectivity index is 1.48. The molecule has 1 N–H and O–H groups in total. The van der Waals surface area contributed by atoms with Crippen molar-refractivity contribution in [2.24, 2.45) is 0 Å². The maximum absolute atomic E-state index is 15.1. The third-order valence-electron chi connectivity index (χ3n) is 6.65. The van der Waals surface area contributed by atoms with Crippen molar-refractivity contribution in [1.82, 2.24) is 0 Å². The third-order valence-corrected chi connectivity index (χ3v) is 6.65. The molecular formula is C27H22F4O5. The number of rotatable bonds is 5. The van der Waals surface area contributed by atoms with Crippen molar-refractivity contribution < 1.29 is 41.7 Å². The topological polar surface area (TPSA) is 65.0 Å². The molecule has 5 nitrogen and oxygen atoms in total. The standard InChI is InChI=1S/C27H22F4O5/c1-34-24(33)10-15-13-35-23-11-17(6-7-18(15)23)36-22-9-8-19-25(14-2-4-16(32)5-3-14)20(27(29,30)31)12-21(28)26(19)22/h2-7,11-12,15,22,32H,8-10,13H2,1H3/t15?,22-/m1/s1. The number of halogens is 4. The highest BCUT2D eigenvalue weighted by atomic mass is 19.4. The molecule has 0 spiro atoms. The molecule has 1 unspecified atom stereocenters. The molecule has 1 heterocycles. The SMILES string of the molecule is COC(=O)CC1COc2cc(O[C@@H]3CCc4c(-c5ccc(O)cc5)c(C(F)(F)F)cc(F)c43)ccc21. The first kappa shape index (κ1) is 24.0. The summed E-state index contributed by atoms with van der Waals surface area (Å²) in [5.41, 5.74) is 0.236. The van der Waals surface area contributed by atoms with E-state index in [2.05, 4.69) is 0 Å². The molecule has 2 atom stereocenters. The van der Waals surface area contributed by atoms with E-state index in [1.807, 2.05) is 0 Å². The fourth-order valence-corrected chi connectivity index (χ4v) is 4.99. The number of ether oxygens (including phenoxy) is 3. The van der Waals surface area contributed by atoms with Crippen LogP contribution < -0.4 is 9.47 Å². The first-order valence-corrected chi connectivity index (χ1v) is 11.4. The van der Waals surface area contributed by atoms with E-state index in [4.69, 9.17) is 14.2 Å². The van der Waals surface area contributed by atoms with Gasteiger partial charge in [0.1, 0.15) is 29.2 Å². The lowest BCUT2D eigenvalue weighted by molar-refractivity contribution is -0.141. The Morgan fingerprint density at radius 2 is 1.89 bits per heavy atom. The normalized spacial score (nSPS) is 18.4. The number of carbonyl (C=O) groups excluding carboxylic acids is 1. The molecule has 9 heteroatoms. The van der Waals surface area contributed by atoms with E-state index in [9.17, 15) is 23.1 Å². The third kappa shape index (κ3) is 4.34. The van der Waals surface area contributed by atoms with Gasteiger partial charge in [-0.05, 0) is 53.8 Å². The highest BCUT2D eigenvalue weighted by molar-refractivity contribution is 5.75. The fourth-order valence-electron chi connectivity index (χ4n) is 4.99. The molecule has 0 bridgehead atoms. The molecule has 1 aliphatic carbocycles. The maximum atomic E-state index is 15.1. The molecular weight excluding hydrogens is 480 g/mol. The number of phenols is 1. The number of methoxy groups -OCH3 is 1. The molecule has 5 rings (SSSR count). The van der Waals surface area contributed by atoms with Gasteiger partial charge in [-0.15, -0.1) is 0 Å². The van der Waals surface area contributed by atoms with E-state index in [-0.39, 0.29) is 52.7 Å². The van der Waals surface area contributed by atoms with Gasteiger partial charge in [-0.25, -0.2) is 4.39 Å². The smallest absolute Gasteiger partial charge is 0.417 e. The van der Waals surface area contributed by atoms with Gasteiger partial charge in [0.2, 0.25) is 0 Å². The summed E-state index contributed by atoms with van der Waals surface area (Å²) in [5, 5.41) is 9.58. The van der Waals surface area contributed by atoms with E-state index in [1.165, 1.54) is 31.4 Å². The minimum absolute atomic E-state index is 0.0834. The predicted molar refractivity (Wildman–Crippen MR) is 122 cm³/mol. The zero-order valence-corrected chi connectivity index (χ0v) is 19.2. The van der Waals surface area contributed by atoms with Gasteiger partial charge in [0.05, 0.1) is 25.7 Å². The van der Waals surface area contributed by atoms with Crippen LogP contribution in [0.5, 0.6) is 17.2 Å². The first-order valence-electron chi connectivity index (χ1n) is 11.4. The van der Waals surface area contributed by atoms with E-state index >= 15 is 4.39 Å². The summed E-state index contributed by atoms with van der Waals surface area (Å²) >= 11 is 0. The fraction of sp³-hybridized carbons (Fsp3) is 0.296. The number of carbonyl (C=O) groups is 1. The maximum Gasteiger partial charge on any atom is 0.417 e. The number of phenolic OH excluding ortho intramolecular Hbond substituents is 1. The van der Waals surface area contributed by atoms with Crippen molar-refractivity contribution in [3.63, 3.8) is 0 Å². The Hall–Kier alpha value is -3.75. The molecule has 0 aromatic heterocycles. The van der Waals surface area contributed by atoms with Gasteiger partial charge in [-0.1, -0.05) is 18.2 Å². The number of esters is 1. The number of benzene rings is 3. The molecule has 188 valence electrons. The van der Waals surface area contributed by atoms with Crippen molar-refractivity contribution in [1.29, 1.82) is 0 Å². The van der Waals surface area contributed by atoms with Crippen LogP contribution in [0.15, 0.2) is 48.5 Å². The molecule has 3 aromatic carbocycles. The van der Waals surface area contributed by atoms with Crippen LogP contribution in [0.4, 0.5) is 17.6 Å². The van der Waals surface area contributed by atoms with E-state index in [1.54, 1.807) is 18.2 Å². The van der Waals surface area contributed by atoms with Gasteiger partial charge >= 0.3 is 12.1 Å². The van der Waals surface area contributed by atoms with Crippen molar-refractivity contribution in [3.05, 3.63) is 76.6 Å². The predicted octanol–water partition coefficient (Wildman–Crippen LogP) is 6.32. The van der Waals surface area contributed by atoms with Crippen molar-refractivity contribution >= 4 is 5.97 Å². The molecule has 0 fully saturated rings. The zero-order valence-electron chi connectivity index (χ0n) is 19.2. The summed E-state index contributed by atoms with van der Waals surface area (Å²) in [7, 11) is 1.32. The van der Waals surface area contributed by atoms with E-state index in [0.717, 1.165) is 5.56 Å². The van der Waals surface area contributed by atoms with Crippen LogP contribution in [0.2, 0.25) is 0 Å². The summed E-state index contributed by atoms with van der Waals surface area (Å²) in [5.74, 6) is -0.636. The Kier molecular flexibility index (Phi) is 6.02. The summed E-state index contributed by atoms with van der Waals surface area (Å²) in [6.45, 7) is 0.311. The van der Waals surface area contributed by atoms with Crippen LogP contribution >= 0.6 is 0 Å². The second kappa shape index (κ2) is 9.04. The lowest BCUT2D eigenvalue weighted by Crippen LogP contribution is -2.12. The quantitative estimate of drug-likeness (QED) is 0.327. The minimum Gasteiger partial charge on any atom is -0.508 e. The van der Waals surface area contributed by atoms with Gasteiger partial charge in [-0.3, -0.25) is 4.79 Å². The first-order chi connectivity index (χ1) is 17.2.